The number of aromatic nitrogens is 2. The van der Waals surface area contributed by atoms with Gasteiger partial charge in [-0.2, -0.15) is 0 Å². The maximum Gasteiger partial charge on any atom is 0.147 e. The maximum absolute atomic E-state index is 9.58. The van der Waals surface area contributed by atoms with E-state index in [2.05, 4.69) is 15.3 Å². The van der Waals surface area contributed by atoms with Gasteiger partial charge in [0.15, 0.2) is 0 Å². The van der Waals surface area contributed by atoms with Gasteiger partial charge >= 0.3 is 0 Å². The third-order valence-electron chi connectivity index (χ3n) is 2.05. The summed E-state index contributed by atoms with van der Waals surface area (Å²) in [5, 5.41) is 21.4. The molecule has 0 spiro atoms. The number of aryl methyl sites for hydroxylation is 2. The maximum atomic E-state index is 9.58. The topological polar surface area (TPSA) is 78.3 Å². The summed E-state index contributed by atoms with van der Waals surface area (Å²) < 4.78 is 0. The highest BCUT2D eigenvalue weighted by Gasteiger charge is 2.19. The van der Waals surface area contributed by atoms with E-state index in [1.165, 1.54) is 0 Å². The largest absolute Gasteiger partial charge is 0.393 e. The zero-order chi connectivity index (χ0) is 11.5. The molecule has 0 aliphatic rings. The Morgan fingerprint density at radius 2 is 2.13 bits per heavy atom. The van der Waals surface area contributed by atoms with Crippen molar-refractivity contribution in [2.45, 2.75) is 26.4 Å². The first-order chi connectivity index (χ1) is 6.94. The van der Waals surface area contributed by atoms with E-state index in [4.69, 9.17) is 5.11 Å². The number of hydrogen-bond acceptors (Lipinski definition) is 5. The average Bonchev–Trinajstić information content (AvgIpc) is 2.20. The Kier molecular flexibility index (Phi) is 3.60. The average molecular weight is 211 g/mol. The highest BCUT2D eigenvalue weighted by molar-refractivity contribution is 5.39. The molecule has 1 aromatic heterocycles. The summed E-state index contributed by atoms with van der Waals surface area (Å²) in [6, 6.07) is 0. The summed E-state index contributed by atoms with van der Waals surface area (Å²) in [5.74, 6) is 0.642. The molecule has 0 aromatic carbocycles. The fourth-order valence-electron chi connectivity index (χ4n) is 1.03. The van der Waals surface area contributed by atoms with Gasteiger partial charge in [-0.05, 0) is 20.8 Å². The van der Waals surface area contributed by atoms with Gasteiger partial charge in [-0.3, -0.25) is 4.98 Å². The van der Waals surface area contributed by atoms with Gasteiger partial charge in [-0.15, -0.1) is 0 Å². The quantitative estimate of drug-likeness (QED) is 0.665. The minimum Gasteiger partial charge on any atom is -0.393 e. The number of nitrogens with one attached hydrogen (secondary N) is 1. The highest BCUT2D eigenvalue weighted by atomic mass is 16.3. The molecule has 5 nitrogen and oxygen atoms in total. The Labute approximate surface area is 89.2 Å². The normalized spacial score (nSPS) is 14.7. The van der Waals surface area contributed by atoms with Gasteiger partial charge in [0.05, 0.1) is 18.0 Å². The van der Waals surface area contributed by atoms with E-state index >= 15 is 0 Å². The second-order valence-electron chi connectivity index (χ2n) is 3.95. The van der Waals surface area contributed by atoms with Gasteiger partial charge in [-0.25, -0.2) is 4.98 Å². The van der Waals surface area contributed by atoms with Crippen LogP contribution in [0, 0.1) is 13.8 Å². The first kappa shape index (κ1) is 11.9. The van der Waals surface area contributed by atoms with Crippen LogP contribution in [0.4, 0.5) is 5.82 Å². The lowest BCUT2D eigenvalue weighted by Crippen LogP contribution is -2.37. The molecule has 0 aliphatic carbocycles. The molecule has 15 heavy (non-hydrogen) atoms. The van der Waals surface area contributed by atoms with Crippen LogP contribution in [0.2, 0.25) is 0 Å². The van der Waals surface area contributed by atoms with Crippen LogP contribution in [0.25, 0.3) is 0 Å². The SMILES string of the molecule is Cc1cnc(C)c(NCC(C)(O)CO)n1. The van der Waals surface area contributed by atoms with Crippen LogP contribution in [-0.2, 0) is 0 Å². The van der Waals surface area contributed by atoms with E-state index < -0.39 is 5.60 Å². The van der Waals surface area contributed by atoms with Crippen molar-refractivity contribution in [1.29, 1.82) is 0 Å². The van der Waals surface area contributed by atoms with Crippen LogP contribution in [0.15, 0.2) is 6.20 Å². The number of nitrogens with zero attached hydrogens (tertiary/aromatic N) is 2. The van der Waals surface area contributed by atoms with Crippen LogP contribution in [0.3, 0.4) is 0 Å². The fraction of sp³-hybridized carbons (Fsp3) is 0.600. The number of aliphatic hydroxyl groups excluding tert-OH is 1. The minimum absolute atomic E-state index is 0.239. The summed E-state index contributed by atoms with van der Waals surface area (Å²) >= 11 is 0. The molecular formula is C10H17N3O2. The second kappa shape index (κ2) is 4.55. The van der Waals surface area contributed by atoms with Crippen LogP contribution in [-0.4, -0.2) is 38.9 Å². The Morgan fingerprint density at radius 1 is 1.47 bits per heavy atom. The van der Waals surface area contributed by atoms with E-state index in [9.17, 15) is 5.11 Å². The Balaban J connectivity index is 2.69. The van der Waals surface area contributed by atoms with Crippen molar-refractivity contribution in [1.82, 2.24) is 9.97 Å². The summed E-state index contributed by atoms with van der Waals surface area (Å²) in [5.41, 5.74) is 0.443. The van der Waals surface area contributed by atoms with Crippen molar-refractivity contribution in [3.63, 3.8) is 0 Å². The van der Waals surface area contributed by atoms with Gasteiger partial charge in [-0.1, -0.05) is 0 Å². The van der Waals surface area contributed by atoms with Crippen LogP contribution >= 0.6 is 0 Å². The fourth-order valence-corrected chi connectivity index (χ4v) is 1.03. The van der Waals surface area contributed by atoms with Crippen molar-refractivity contribution in [3.8, 4) is 0 Å². The number of hydrogen-bond donors (Lipinski definition) is 3. The zero-order valence-electron chi connectivity index (χ0n) is 9.28. The number of aliphatic hydroxyl groups is 2. The Hall–Kier alpha value is -1.20. The Morgan fingerprint density at radius 3 is 2.73 bits per heavy atom. The van der Waals surface area contributed by atoms with Crippen molar-refractivity contribution >= 4 is 5.82 Å². The molecule has 0 bridgehead atoms. The zero-order valence-corrected chi connectivity index (χ0v) is 9.28. The standard InChI is InChI=1S/C10H17N3O2/c1-7-4-11-8(2)9(13-7)12-5-10(3,15)6-14/h4,14-15H,5-6H2,1-3H3,(H,12,13). The molecule has 0 saturated carbocycles. The van der Waals surface area contributed by atoms with Gasteiger partial charge in [0.25, 0.3) is 0 Å². The molecule has 1 heterocycles. The van der Waals surface area contributed by atoms with Crippen LogP contribution < -0.4 is 5.32 Å². The molecule has 3 N–H and O–H groups in total. The van der Waals surface area contributed by atoms with Crippen molar-refractivity contribution in [3.05, 3.63) is 17.6 Å². The molecule has 1 atom stereocenters. The summed E-state index contributed by atoms with van der Waals surface area (Å²) in [6.07, 6.45) is 1.69. The lowest BCUT2D eigenvalue weighted by molar-refractivity contribution is 0.0131. The second-order valence-corrected chi connectivity index (χ2v) is 3.95. The first-order valence-corrected chi connectivity index (χ1v) is 4.82. The summed E-state index contributed by atoms with van der Waals surface area (Å²) in [4.78, 5) is 8.38. The Bertz CT molecular complexity index is 339. The molecular weight excluding hydrogens is 194 g/mol. The molecule has 84 valence electrons. The highest BCUT2D eigenvalue weighted by Crippen LogP contribution is 2.10. The molecule has 0 aliphatic heterocycles. The van der Waals surface area contributed by atoms with Crippen molar-refractivity contribution in [2.24, 2.45) is 0 Å². The van der Waals surface area contributed by atoms with Crippen molar-refractivity contribution in [2.75, 3.05) is 18.5 Å². The van der Waals surface area contributed by atoms with E-state index in [0.29, 0.717) is 5.82 Å². The number of rotatable bonds is 4. The van der Waals surface area contributed by atoms with Gasteiger partial charge in [0.1, 0.15) is 11.4 Å². The third-order valence-corrected chi connectivity index (χ3v) is 2.05. The van der Waals surface area contributed by atoms with E-state index in [-0.39, 0.29) is 13.2 Å². The monoisotopic (exact) mass is 211 g/mol. The molecule has 0 amide bonds. The predicted octanol–water partition coefficient (Wildman–Crippen LogP) is 0.249. The van der Waals surface area contributed by atoms with Gasteiger partial charge in [0.2, 0.25) is 0 Å². The molecule has 0 fully saturated rings. The summed E-state index contributed by atoms with van der Waals surface area (Å²) in [7, 11) is 0. The molecule has 1 rings (SSSR count). The first-order valence-electron chi connectivity index (χ1n) is 4.82. The smallest absolute Gasteiger partial charge is 0.147 e. The third kappa shape index (κ3) is 3.45. The van der Waals surface area contributed by atoms with Gasteiger partial charge in [0, 0.05) is 12.7 Å². The van der Waals surface area contributed by atoms with Crippen LogP contribution in [0.5, 0.6) is 0 Å². The minimum atomic E-state index is -1.14. The van der Waals surface area contributed by atoms with E-state index in [0.717, 1.165) is 11.4 Å². The van der Waals surface area contributed by atoms with Crippen LogP contribution in [0.1, 0.15) is 18.3 Å². The number of anilines is 1. The molecule has 1 unspecified atom stereocenters. The predicted molar refractivity (Wildman–Crippen MR) is 57.7 cm³/mol. The summed E-state index contributed by atoms with van der Waals surface area (Å²) in [6.45, 7) is 5.18. The molecule has 1 aromatic rings. The molecule has 0 radical (unpaired) electrons. The molecule has 0 saturated heterocycles. The van der Waals surface area contributed by atoms with E-state index in [1.807, 2.05) is 13.8 Å². The lowest BCUT2D eigenvalue weighted by Gasteiger charge is -2.21. The molecule has 5 heteroatoms. The lowest BCUT2D eigenvalue weighted by atomic mass is 10.1. The van der Waals surface area contributed by atoms with Gasteiger partial charge < -0.3 is 15.5 Å². The van der Waals surface area contributed by atoms with E-state index in [1.54, 1.807) is 13.1 Å². The van der Waals surface area contributed by atoms with Crippen molar-refractivity contribution < 1.29 is 10.2 Å².